The second kappa shape index (κ2) is 26.0. The molecular formula is C60H75N7O8S. The molecule has 3 aromatic carbocycles. The molecule has 0 radical (unpaired) electrons. The molecule has 404 valence electrons. The van der Waals surface area contributed by atoms with Gasteiger partial charge in [0.25, 0.3) is 11.5 Å². The SMILES string of the molecule is C=C(N[C@@H](C)c1ccc(-c2scnc2C)cc1)[C@@H]1C[C@@H](O)CN1C(=O)[C@@H](NC(=O)COCCOCC#Cc1ccc(-c2cc(C(=O)NCc3c(C)cc(C)[nH]c3=O)c(C)c(N(CC)C3CCOCC3)c2)cc1)C(C)(C)C. The number of carbonyl (C=O) groups is 3. The molecule has 5 N–H and O–H groups in total. The van der Waals surface area contributed by atoms with Crippen molar-refractivity contribution in [1.82, 2.24) is 30.8 Å². The number of likely N-dealkylation sites (tertiary alicyclic amines) is 1. The minimum atomic E-state index is -0.884. The highest BCUT2D eigenvalue weighted by Gasteiger charge is 2.43. The second-order valence-corrected chi connectivity index (χ2v) is 21.8. The molecule has 2 aliphatic rings. The minimum absolute atomic E-state index is 0.107. The van der Waals surface area contributed by atoms with E-state index in [1.54, 1.807) is 16.2 Å². The van der Waals surface area contributed by atoms with Gasteiger partial charge in [-0.05, 0) is 124 Å². The number of rotatable bonds is 20. The van der Waals surface area contributed by atoms with Gasteiger partial charge in [-0.2, -0.15) is 0 Å². The van der Waals surface area contributed by atoms with Crippen LogP contribution in [-0.4, -0.2) is 115 Å². The maximum atomic E-state index is 14.2. The number of β-amino-alcohol motifs (C(OH)–C–C–N with tert-alkyl or cyclic N) is 1. The smallest absolute Gasteiger partial charge is 0.253 e. The number of ether oxygens (including phenoxy) is 3. The Labute approximate surface area is 451 Å². The maximum absolute atomic E-state index is 14.2. The van der Waals surface area contributed by atoms with Crippen molar-refractivity contribution in [3.8, 4) is 33.4 Å². The van der Waals surface area contributed by atoms with Crippen molar-refractivity contribution < 1.29 is 33.7 Å². The number of pyridine rings is 1. The van der Waals surface area contributed by atoms with Crippen LogP contribution in [0.25, 0.3) is 21.6 Å². The van der Waals surface area contributed by atoms with Crippen molar-refractivity contribution in [2.24, 2.45) is 5.41 Å². The summed E-state index contributed by atoms with van der Waals surface area (Å²) in [5.41, 5.74) is 11.9. The van der Waals surface area contributed by atoms with Gasteiger partial charge in [-0.15, -0.1) is 11.3 Å². The Bertz CT molecular complexity index is 2960. The van der Waals surface area contributed by atoms with E-state index < -0.39 is 29.5 Å². The van der Waals surface area contributed by atoms with Crippen molar-refractivity contribution in [3.05, 3.63) is 140 Å². The van der Waals surface area contributed by atoms with E-state index in [0.717, 1.165) is 80.3 Å². The Morgan fingerprint density at radius 1 is 0.974 bits per heavy atom. The number of anilines is 1. The number of aromatic nitrogens is 2. The molecule has 15 nitrogen and oxygen atoms in total. The van der Waals surface area contributed by atoms with E-state index >= 15 is 0 Å². The van der Waals surface area contributed by atoms with Crippen LogP contribution in [0.5, 0.6) is 0 Å². The van der Waals surface area contributed by atoms with Gasteiger partial charge in [0.05, 0.1) is 41.4 Å². The van der Waals surface area contributed by atoms with Crippen LogP contribution in [0, 0.1) is 45.0 Å². The molecular weight excluding hydrogens is 979 g/mol. The molecule has 2 saturated heterocycles. The summed E-state index contributed by atoms with van der Waals surface area (Å²) < 4.78 is 17.0. The van der Waals surface area contributed by atoms with Gasteiger partial charge < -0.3 is 50.1 Å². The van der Waals surface area contributed by atoms with Gasteiger partial charge in [-0.1, -0.05) is 75.6 Å². The van der Waals surface area contributed by atoms with Gasteiger partial charge in [-0.3, -0.25) is 19.2 Å². The minimum Gasteiger partial charge on any atom is -0.391 e. The largest absolute Gasteiger partial charge is 0.391 e. The van der Waals surface area contributed by atoms with Crippen molar-refractivity contribution in [1.29, 1.82) is 0 Å². The molecule has 16 heteroatoms. The van der Waals surface area contributed by atoms with E-state index in [1.165, 1.54) is 0 Å². The fourth-order valence-corrected chi connectivity index (χ4v) is 10.9. The molecule has 0 spiro atoms. The van der Waals surface area contributed by atoms with Gasteiger partial charge >= 0.3 is 0 Å². The molecule has 0 unspecified atom stereocenters. The highest BCUT2D eigenvalue weighted by molar-refractivity contribution is 7.13. The van der Waals surface area contributed by atoms with E-state index in [-0.39, 0.29) is 69.0 Å². The number of aromatic amines is 1. The molecule has 76 heavy (non-hydrogen) atoms. The highest BCUT2D eigenvalue weighted by atomic mass is 32.1. The predicted octanol–water partition coefficient (Wildman–Crippen LogP) is 8.08. The summed E-state index contributed by atoms with van der Waals surface area (Å²) in [5, 5.41) is 20.2. The number of aliphatic hydroxyl groups excluding tert-OH is 1. The third-order valence-electron chi connectivity index (χ3n) is 14.3. The third-order valence-corrected chi connectivity index (χ3v) is 15.2. The molecule has 0 saturated carbocycles. The maximum Gasteiger partial charge on any atom is 0.253 e. The Balaban J connectivity index is 0.898. The number of thiazole rings is 1. The lowest BCUT2D eigenvalue weighted by Gasteiger charge is -2.37. The van der Waals surface area contributed by atoms with Crippen molar-refractivity contribution in [2.75, 3.05) is 57.6 Å². The van der Waals surface area contributed by atoms with Gasteiger partial charge in [-0.25, -0.2) is 4.98 Å². The van der Waals surface area contributed by atoms with Gasteiger partial charge in [0, 0.05) is 85.1 Å². The molecule has 5 aromatic rings. The summed E-state index contributed by atoms with van der Waals surface area (Å²) in [5.74, 6) is 5.21. The van der Waals surface area contributed by atoms with Gasteiger partial charge in [0.15, 0.2) is 0 Å². The normalized spacial score (nSPS) is 16.6. The average molecular weight is 1050 g/mol. The molecule has 2 aromatic heterocycles. The number of H-pyrrole nitrogens is 1. The number of nitrogens with zero attached hydrogens (tertiary/aromatic N) is 3. The molecule has 4 atom stereocenters. The first-order valence-electron chi connectivity index (χ1n) is 26.3. The number of aliphatic hydroxyl groups is 1. The van der Waals surface area contributed by atoms with Crippen LogP contribution in [0.4, 0.5) is 5.69 Å². The van der Waals surface area contributed by atoms with E-state index in [2.05, 4.69) is 86.5 Å². The lowest BCUT2D eigenvalue weighted by Crippen LogP contribution is -2.57. The standard InChI is InChI=1S/C60H75N7O8S/c1-11-66(48-22-25-74-26-23-48)52-31-47(30-50(39(52)4)57(70)61-33-51-37(2)29-38(3)63-58(51)71)45-16-14-43(15-17-45)13-12-24-73-27-28-75-35-54(69)65-56(60(8,9)10)59(72)67-34-49(68)32-53(67)41(6)64-40(5)44-18-20-46(21-19-44)55-42(7)62-36-76-55/h14-21,29-31,36,40,48-49,53,56,64,68H,6,11,22-28,32-35H2,1-5,7-10H3,(H,61,70)(H,63,71)(H,65,69)/t40-,49+,53-,56+/m0/s1. The molecule has 4 heterocycles. The fourth-order valence-electron chi connectivity index (χ4n) is 10.0. The van der Waals surface area contributed by atoms with Crippen LogP contribution in [0.15, 0.2) is 89.3 Å². The zero-order chi connectivity index (χ0) is 54.7. The van der Waals surface area contributed by atoms with E-state index in [0.29, 0.717) is 36.5 Å². The monoisotopic (exact) mass is 1050 g/mol. The van der Waals surface area contributed by atoms with Gasteiger partial charge in [0.2, 0.25) is 11.8 Å². The molecule has 0 aliphatic carbocycles. The molecule has 2 fully saturated rings. The van der Waals surface area contributed by atoms with Crippen LogP contribution in [0.1, 0.15) is 109 Å². The van der Waals surface area contributed by atoms with E-state index in [1.807, 2.05) is 97.3 Å². The Kier molecular flexibility index (Phi) is 19.5. The summed E-state index contributed by atoms with van der Waals surface area (Å²) in [4.78, 5) is 66.5. The van der Waals surface area contributed by atoms with Crippen molar-refractivity contribution in [3.63, 3.8) is 0 Å². The zero-order valence-corrected chi connectivity index (χ0v) is 46.4. The van der Waals surface area contributed by atoms with Crippen LogP contribution in [0.2, 0.25) is 0 Å². The lowest BCUT2D eigenvalue weighted by molar-refractivity contribution is -0.141. The van der Waals surface area contributed by atoms with E-state index in [9.17, 15) is 24.3 Å². The summed E-state index contributed by atoms with van der Waals surface area (Å²) in [7, 11) is 0. The Hall–Kier alpha value is -6.61. The first-order valence-corrected chi connectivity index (χ1v) is 27.2. The summed E-state index contributed by atoms with van der Waals surface area (Å²) in [6.07, 6.45) is 1.39. The van der Waals surface area contributed by atoms with Crippen molar-refractivity contribution in [2.45, 2.75) is 118 Å². The predicted molar refractivity (Wildman–Crippen MR) is 300 cm³/mol. The second-order valence-electron chi connectivity index (χ2n) is 21.0. The van der Waals surface area contributed by atoms with E-state index in [4.69, 9.17) is 14.2 Å². The lowest BCUT2D eigenvalue weighted by atomic mass is 9.85. The van der Waals surface area contributed by atoms with Crippen LogP contribution in [-0.2, 0) is 30.3 Å². The summed E-state index contributed by atoms with van der Waals surface area (Å²) in [6.45, 7) is 24.4. The van der Waals surface area contributed by atoms with Crippen LogP contribution < -0.4 is 26.4 Å². The number of benzene rings is 3. The topological polar surface area (TPSA) is 187 Å². The van der Waals surface area contributed by atoms with Crippen LogP contribution in [0.3, 0.4) is 0 Å². The Morgan fingerprint density at radius 2 is 1.67 bits per heavy atom. The first kappa shape index (κ1) is 57.1. The first-order chi connectivity index (χ1) is 36.3. The molecule has 3 amide bonds. The number of amides is 3. The zero-order valence-electron chi connectivity index (χ0n) is 45.6. The average Bonchev–Trinajstić information content (AvgIpc) is 4.03. The molecule has 0 bridgehead atoms. The van der Waals surface area contributed by atoms with Crippen molar-refractivity contribution >= 4 is 34.7 Å². The number of aryl methyl sites for hydroxylation is 3. The number of nitrogens with one attached hydrogen (secondary N) is 4. The molecule has 2 aliphatic heterocycles. The number of hydrogen-bond acceptors (Lipinski definition) is 12. The number of hydrogen-bond donors (Lipinski definition) is 5. The molecule has 7 rings (SSSR count). The fraction of sp³-hybridized carbons (Fsp3) is 0.450. The summed E-state index contributed by atoms with van der Waals surface area (Å²) in [6, 6.07) is 20.9. The van der Waals surface area contributed by atoms with Gasteiger partial charge in [0.1, 0.15) is 19.3 Å². The third kappa shape index (κ3) is 14.4. The summed E-state index contributed by atoms with van der Waals surface area (Å²) >= 11 is 1.61. The van der Waals surface area contributed by atoms with Crippen LogP contribution >= 0.6 is 11.3 Å². The highest BCUT2D eigenvalue weighted by Crippen LogP contribution is 2.35. The number of carbonyl (C=O) groups excluding carboxylic acids is 3. The Morgan fingerprint density at radius 3 is 2.33 bits per heavy atom. The quantitative estimate of drug-likeness (QED) is 0.0375.